The van der Waals surface area contributed by atoms with Crippen LogP contribution in [0, 0.1) is 0 Å². The maximum atomic E-state index is 11.3. The molecule has 0 radical (unpaired) electrons. The number of halogens is 1. The smallest absolute Gasteiger partial charge is 0.306 e. The van der Waals surface area contributed by atoms with Gasteiger partial charge in [0.2, 0.25) is 0 Å². The molecule has 4 nitrogen and oxygen atoms in total. The second-order valence-electron chi connectivity index (χ2n) is 4.34. The molecule has 0 amide bonds. The van der Waals surface area contributed by atoms with Gasteiger partial charge in [0.05, 0.1) is 13.2 Å². The fraction of sp³-hybridized carbons (Fsp3) is 0.533. The summed E-state index contributed by atoms with van der Waals surface area (Å²) in [6.45, 7) is 2.79. The summed E-state index contributed by atoms with van der Waals surface area (Å²) in [5.74, 6) is 0.561. The van der Waals surface area contributed by atoms with E-state index in [1.165, 1.54) is 0 Å². The van der Waals surface area contributed by atoms with Crippen molar-refractivity contribution in [3.05, 3.63) is 23.8 Å². The fourth-order valence-corrected chi connectivity index (χ4v) is 2.10. The lowest BCUT2D eigenvalue weighted by atomic mass is 10.1. The molecule has 20 heavy (non-hydrogen) atoms. The van der Waals surface area contributed by atoms with Gasteiger partial charge in [-0.25, -0.2) is 0 Å². The first-order valence-electron chi connectivity index (χ1n) is 6.83. The molecule has 0 bridgehead atoms. The molecular weight excluding hydrogens is 324 g/mol. The number of ether oxygens (including phenoxy) is 2. The molecule has 0 saturated heterocycles. The molecule has 0 saturated carbocycles. The van der Waals surface area contributed by atoms with Crippen molar-refractivity contribution in [1.29, 1.82) is 0 Å². The largest absolute Gasteiger partial charge is 0.508 e. The molecule has 0 spiro atoms. The van der Waals surface area contributed by atoms with Crippen LogP contribution in [0.4, 0.5) is 0 Å². The molecule has 0 aromatic heterocycles. The zero-order valence-corrected chi connectivity index (χ0v) is 13.3. The third-order valence-corrected chi connectivity index (χ3v) is 3.32. The standard InChI is InChI=1S/C15H21BrO4/c1-2-19-15(18)8-6-12-5-7-13(11-14(12)17)20-10-4-3-9-16/h5,7,11,17H,2-4,6,8-10H2,1H3. The Bertz CT molecular complexity index is 420. The van der Waals surface area contributed by atoms with Gasteiger partial charge in [0.1, 0.15) is 11.5 Å². The Morgan fingerprint density at radius 2 is 2.15 bits per heavy atom. The van der Waals surface area contributed by atoms with E-state index in [9.17, 15) is 9.90 Å². The number of phenolic OH excluding ortho intramolecular Hbond substituents is 1. The van der Waals surface area contributed by atoms with Crippen molar-refractivity contribution < 1.29 is 19.4 Å². The van der Waals surface area contributed by atoms with Crippen LogP contribution in [0.1, 0.15) is 31.7 Å². The van der Waals surface area contributed by atoms with Gasteiger partial charge in [-0.1, -0.05) is 22.0 Å². The number of alkyl halides is 1. The van der Waals surface area contributed by atoms with Crippen molar-refractivity contribution in [2.45, 2.75) is 32.6 Å². The van der Waals surface area contributed by atoms with Crippen molar-refractivity contribution >= 4 is 21.9 Å². The zero-order valence-electron chi connectivity index (χ0n) is 11.7. The molecule has 0 fully saturated rings. The first kappa shape index (κ1) is 16.8. The van der Waals surface area contributed by atoms with Crippen molar-refractivity contribution in [3.63, 3.8) is 0 Å². The number of aromatic hydroxyl groups is 1. The third-order valence-electron chi connectivity index (χ3n) is 2.76. The molecule has 112 valence electrons. The number of phenols is 1. The quantitative estimate of drug-likeness (QED) is 0.423. The number of hydrogen-bond acceptors (Lipinski definition) is 4. The Balaban J connectivity index is 2.44. The van der Waals surface area contributed by atoms with E-state index in [0.29, 0.717) is 25.4 Å². The van der Waals surface area contributed by atoms with Crippen molar-refractivity contribution in [3.8, 4) is 11.5 Å². The second kappa shape index (κ2) is 9.64. The fourth-order valence-electron chi connectivity index (χ4n) is 1.70. The van der Waals surface area contributed by atoms with E-state index < -0.39 is 0 Å². The van der Waals surface area contributed by atoms with E-state index in [2.05, 4.69) is 15.9 Å². The number of carbonyl (C=O) groups is 1. The molecular formula is C15H21BrO4. The van der Waals surface area contributed by atoms with Gasteiger partial charge in [0, 0.05) is 17.8 Å². The first-order valence-corrected chi connectivity index (χ1v) is 7.95. The number of benzene rings is 1. The van der Waals surface area contributed by atoms with Gasteiger partial charge in [-0.05, 0) is 37.8 Å². The minimum Gasteiger partial charge on any atom is -0.508 e. The Morgan fingerprint density at radius 3 is 2.80 bits per heavy atom. The molecule has 0 unspecified atom stereocenters. The highest BCUT2D eigenvalue weighted by atomic mass is 79.9. The predicted molar refractivity (Wildman–Crippen MR) is 81.6 cm³/mol. The number of hydrogen-bond donors (Lipinski definition) is 1. The van der Waals surface area contributed by atoms with Crippen LogP contribution in [0.3, 0.4) is 0 Å². The van der Waals surface area contributed by atoms with Gasteiger partial charge in [0.25, 0.3) is 0 Å². The van der Waals surface area contributed by atoms with E-state index in [4.69, 9.17) is 9.47 Å². The summed E-state index contributed by atoms with van der Waals surface area (Å²) >= 11 is 3.36. The summed E-state index contributed by atoms with van der Waals surface area (Å²) in [5.41, 5.74) is 0.728. The monoisotopic (exact) mass is 344 g/mol. The first-order chi connectivity index (χ1) is 9.67. The number of rotatable bonds is 9. The third kappa shape index (κ3) is 6.28. The van der Waals surface area contributed by atoms with E-state index in [0.717, 1.165) is 23.7 Å². The van der Waals surface area contributed by atoms with E-state index >= 15 is 0 Å². The predicted octanol–water partition coefficient (Wildman–Crippen LogP) is 3.44. The molecule has 0 aliphatic rings. The Labute approximate surface area is 128 Å². The van der Waals surface area contributed by atoms with Gasteiger partial charge in [-0.2, -0.15) is 0 Å². The number of esters is 1. The van der Waals surface area contributed by atoms with Crippen molar-refractivity contribution in [2.75, 3.05) is 18.5 Å². The highest BCUT2D eigenvalue weighted by molar-refractivity contribution is 9.09. The topological polar surface area (TPSA) is 55.8 Å². The lowest BCUT2D eigenvalue weighted by Gasteiger charge is -2.09. The van der Waals surface area contributed by atoms with Crippen molar-refractivity contribution in [2.24, 2.45) is 0 Å². The molecule has 0 atom stereocenters. The maximum Gasteiger partial charge on any atom is 0.306 e. The number of aryl methyl sites for hydroxylation is 1. The summed E-state index contributed by atoms with van der Waals surface area (Å²) in [5, 5.41) is 10.9. The van der Waals surface area contributed by atoms with Crippen LogP contribution in [0.2, 0.25) is 0 Å². The minimum atomic E-state index is -0.248. The SMILES string of the molecule is CCOC(=O)CCc1ccc(OCCCCBr)cc1O. The van der Waals surface area contributed by atoms with Gasteiger partial charge in [-0.15, -0.1) is 0 Å². The van der Waals surface area contributed by atoms with Crippen LogP contribution < -0.4 is 4.74 Å². The average Bonchev–Trinajstić information content (AvgIpc) is 2.43. The summed E-state index contributed by atoms with van der Waals surface area (Å²) in [6.07, 6.45) is 2.77. The summed E-state index contributed by atoms with van der Waals surface area (Å²) < 4.78 is 10.4. The Morgan fingerprint density at radius 1 is 1.35 bits per heavy atom. The Kier molecular flexibility index (Phi) is 8.11. The molecule has 0 aliphatic heterocycles. The highest BCUT2D eigenvalue weighted by Gasteiger charge is 2.07. The lowest BCUT2D eigenvalue weighted by molar-refractivity contribution is -0.143. The zero-order chi connectivity index (χ0) is 14.8. The minimum absolute atomic E-state index is 0.160. The molecule has 1 aromatic rings. The molecule has 5 heteroatoms. The molecule has 1 aromatic carbocycles. The molecule has 1 N–H and O–H groups in total. The number of unbranched alkanes of at least 4 members (excludes halogenated alkanes) is 1. The lowest BCUT2D eigenvalue weighted by Crippen LogP contribution is -2.05. The van der Waals surface area contributed by atoms with Gasteiger partial charge in [0.15, 0.2) is 0 Å². The van der Waals surface area contributed by atoms with Gasteiger partial charge >= 0.3 is 5.97 Å². The summed E-state index contributed by atoms with van der Waals surface area (Å²) in [7, 11) is 0. The molecule has 1 rings (SSSR count). The highest BCUT2D eigenvalue weighted by Crippen LogP contribution is 2.25. The van der Waals surface area contributed by atoms with E-state index in [1.807, 2.05) is 6.07 Å². The molecule has 0 heterocycles. The second-order valence-corrected chi connectivity index (χ2v) is 5.13. The average molecular weight is 345 g/mol. The van der Waals surface area contributed by atoms with Crippen LogP contribution >= 0.6 is 15.9 Å². The normalized spacial score (nSPS) is 10.3. The van der Waals surface area contributed by atoms with Gasteiger partial charge in [-0.3, -0.25) is 4.79 Å². The molecule has 0 aliphatic carbocycles. The van der Waals surface area contributed by atoms with Crippen LogP contribution in [-0.2, 0) is 16.0 Å². The van der Waals surface area contributed by atoms with E-state index in [1.54, 1.807) is 19.1 Å². The van der Waals surface area contributed by atoms with Crippen LogP contribution in [0.15, 0.2) is 18.2 Å². The maximum absolute atomic E-state index is 11.3. The van der Waals surface area contributed by atoms with Gasteiger partial charge < -0.3 is 14.6 Å². The van der Waals surface area contributed by atoms with Crippen LogP contribution in [0.5, 0.6) is 11.5 Å². The summed E-state index contributed by atoms with van der Waals surface area (Å²) in [4.78, 5) is 11.3. The van der Waals surface area contributed by atoms with Crippen LogP contribution in [-0.4, -0.2) is 29.6 Å². The summed E-state index contributed by atoms with van der Waals surface area (Å²) in [6, 6.07) is 5.19. The Hall–Kier alpha value is -1.23. The van der Waals surface area contributed by atoms with E-state index in [-0.39, 0.29) is 18.1 Å². The number of carbonyl (C=O) groups excluding carboxylic acids is 1. The van der Waals surface area contributed by atoms with Crippen molar-refractivity contribution in [1.82, 2.24) is 0 Å². The van der Waals surface area contributed by atoms with Crippen LogP contribution in [0.25, 0.3) is 0 Å².